The first-order chi connectivity index (χ1) is 23.5. The zero-order valence-electron chi connectivity index (χ0n) is 28.3. The van der Waals surface area contributed by atoms with Gasteiger partial charge in [0.05, 0.1) is 58.8 Å². The first-order valence-corrected chi connectivity index (χ1v) is 19.5. The summed E-state index contributed by atoms with van der Waals surface area (Å²) < 4.78 is 45.3. The van der Waals surface area contributed by atoms with E-state index in [9.17, 15) is 8.42 Å². The molecule has 3 aromatic rings. The highest BCUT2D eigenvalue weighted by Crippen LogP contribution is 2.42. The van der Waals surface area contributed by atoms with Crippen LogP contribution in [0.1, 0.15) is 25.7 Å². The van der Waals surface area contributed by atoms with E-state index >= 15 is 0 Å². The van der Waals surface area contributed by atoms with E-state index in [1.54, 1.807) is 25.4 Å². The molecule has 1 aromatic heterocycles. The van der Waals surface area contributed by atoms with Crippen molar-refractivity contribution in [1.29, 1.82) is 0 Å². The fraction of sp³-hybridized carbons (Fsp3) is 0.515. The summed E-state index contributed by atoms with van der Waals surface area (Å²) in [5.41, 5.74) is 2.42. The number of rotatable bonds is 5. The lowest BCUT2D eigenvalue weighted by molar-refractivity contribution is 0.0981. The second-order valence-electron chi connectivity index (χ2n) is 12.7. The maximum absolute atomic E-state index is 12.6. The Kier molecular flexibility index (Phi) is 11.1. The molecule has 13 nitrogen and oxygen atoms in total. The van der Waals surface area contributed by atoms with Crippen LogP contribution in [0.3, 0.4) is 0 Å². The number of aromatic nitrogens is 2. The summed E-state index contributed by atoms with van der Waals surface area (Å²) in [6, 6.07) is 7.83. The summed E-state index contributed by atoms with van der Waals surface area (Å²) in [6.45, 7) is 7.19. The Morgan fingerprint density at radius 3 is 2.35 bits per heavy atom. The number of ether oxygens (including phenoxy) is 3. The lowest BCUT2D eigenvalue weighted by Gasteiger charge is -2.42. The van der Waals surface area contributed by atoms with Crippen molar-refractivity contribution in [1.82, 2.24) is 19.8 Å². The van der Waals surface area contributed by atoms with Crippen LogP contribution < -0.4 is 34.0 Å². The van der Waals surface area contributed by atoms with Crippen LogP contribution in [0.4, 0.5) is 34.5 Å². The molecule has 2 saturated heterocycles. The fourth-order valence-electron chi connectivity index (χ4n) is 6.36. The number of anilines is 6. The van der Waals surface area contributed by atoms with Crippen molar-refractivity contribution < 1.29 is 22.6 Å². The van der Waals surface area contributed by atoms with Crippen LogP contribution in [0.5, 0.6) is 17.2 Å². The summed E-state index contributed by atoms with van der Waals surface area (Å²) >= 11 is 10.2. The van der Waals surface area contributed by atoms with E-state index < -0.39 is 10.0 Å². The Morgan fingerprint density at radius 2 is 1.67 bits per heavy atom. The van der Waals surface area contributed by atoms with Crippen LogP contribution in [0, 0.1) is 0 Å². The third kappa shape index (κ3) is 8.39. The third-order valence-corrected chi connectivity index (χ3v) is 11.4. The van der Waals surface area contributed by atoms with Crippen LogP contribution in [0.15, 0.2) is 34.9 Å². The van der Waals surface area contributed by atoms with Gasteiger partial charge in [0.1, 0.15) is 23.1 Å². The number of hydrogen-bond acceptors (Lipinski definition) is 12. The van der Waals surface area contributed by atoms with Gasteiger partial charge >= 0.3 is 0 Å². The molecule has 0 atom stereocenters. The molecule has 2 N–H and O–H groups in total. The van der Waals surface area contributed by atoms with Gasteiger partial charge in [0, 0.05) is 76.8 Å². The van der Waals surface area contributed by atoms with E-state index in [1.807, 2.05) is 12.1 Å². The van der Waals surface area contributed by atoms with Gasteiger partial charge < -0.3 is 34.6 Å². The SMILES string of the molecule is COc1cc(N2CCC(N3CCN(C)CC3)CC2)c2cc1Nc1ncc(Br)c(n1)Nc1cc(Cl)c(cc1N(C)S(C)(=O)=O)OCCCCO2. The largest absolute Gasteiger partial charge is 0.494 e. The van der Waals surface area contributed by atoms with Crippen molar-refractivity contribution in [2.45, 2.75) is 31.7 Å². The van der Waals surface area contributed by atoms with Gasteiger partial charge in [-0.05, 0) is 54.7 Å². The van der Waals surface area contributed by atoms with Gasteiger partial charge in [-0.15, -0.1) is 0 Å². The van der Waals surface area contributed by atoms with Crippen molar-refractivity contribution in [3.8, 4) is 17.2 Å². The third-order valence-electron chi connectivity index (χ3n) is 9.32. The number of sulfonamides is 1. The maximum Gasteiger partial charge on any atom is 0.232 e. The van der Waals surface area contributed by atoms with E-state index in [1.165, 1.54) is 11.4 Å². The molecule has 0 saturated carbocycles. The minimum absolute atomic E-state index is 0.292. The minimum atomic E-state index is -3.61. The molecule has 0 aliphatic carbocycles. The van der Waals surface area contributed by atoms with Crippen LogP contribution in [0.2, 0.25) is 5.02 Å². The molecule has 0 amide bonds. The Bertz CT molecular complexity index is 1750. The van der Waals surface area contributed by atoms with Gasteiger partial charge in [0.15, 0.2) is 0 Å². The second-order valence-corrected chi connectivity index (χ2v) is 15.9. The maximum atomic E-state index is 12.6. The molecule has 0 unspecified atom stereocenters. The minimum Gasteiger partial charge on any atom is -0.494 e. The summed E-state index contributed by atoms with van der Waals surface area (Å²) in [5.74, 6) is 2.45. The highest BCUT2D eigenvalue weighted by Gasteiger charge is 2.29. The highest BCUT2D eigenvalue weighted by atomic mass is 79.9. The number of halogens is 2. The number of piperazine rings is 1. The monoisotopic (exact) mass is 778 g/mol. The van der Waals surface area contributed by atoms with E-state index in [4.69, 9.17) is 30.8 Å². The molecule has 6 bridgehead atoms. The topological polar surface area (TPSA) is 125 Å². The number of nitrogens with zero attached hydrogens (tertiary/aromatic N) is 6. The number of nitrogens with one attached hydrogen (secondary N) is 2. The normalized spacial score (nSPS) is 18.4. The van der Waals surface area contributed by atoms with E-state index in [-0.39, 0.29) is 0 Å². The Labute approximate surface area is 302 Å². The molecule has 7 rings (SSSR count). The molecule has 5 heterocycles. The summed E-state index contributed by atoms with van der Waals surface area (Å²) in [5, 5.41) is 6.88. The smallest absolute Gasteiger partial charge is 0.232 e. The predicted molar refractivity (Wildman–Crippen MR) is 199 cm³/mol. The van der Waals surface area contributed by atoms with Crippen LogP contribution in [0.25, 0.3) is 0 Å². The number of fused-ring (bicyclic) bond motifs is 7. The molecular weight excluding hydrogens is 736 g/mol. The molecule has 0 radical (unpaired) electrons. The number of benzene rings is 2. The van der Waals surface area contributed by atoms with Gasteiger partial charge in [-0.1, -0.05) is 11.6 Å². The Hall–Kier alpha value is -3.24. The summed E-state index contributed by atoms with van der Waals surface area (Å²) in [6.07, 6.45) is 6.36. The number of piperidine rings is 1. The van der Waals surface area contributed by atoms with Crippen molar-refractivity contribution in [3.05, 3.63) is 40.0 Å². The molecule has 2 aromatic carbocycles. The van der Waals surface area contributed by atoms with E-state index in [0.29, 0.717) is 75.5 Å². The van der Waals surface area contributed by atoms with E-state index in [0.717, 1.165) is 76.2 Å². The number of likely N-dealkylation sites (N-methyl/N-ethyl adjacent to an activating group) is 1. The van der Waals surface area contributed by atoms with Crippen molar-refractivity contribution >= 4 is 72.1 Å². The lowest BCUT2D eigenvalue weighted by atomic mass is 10.0. The van der Waals surface area contributed by atoms with Gasteiger partial charge in [-0.3, -0.25) is 9.21 Å². The quantitative estimate of drug-likeness (QED) is 0.338. The molecule has 49 heavy (non-hydrogen) atoms. The fourth-order valence-corrected chi connectivity index (χ4v) is 7.38. The Balaban J connectivity index is 1.31. The zero-order valence-corrected chi connectivity index (χ0v) is 31.5. The highest BCUT2D eigenvalue weighted by molar-refractivity contribution is 9.10. The zero-order chi connectivity index (χ0) is 34.7. The summed E-state index contributed by atoms with van der Waals surface area (Å²) in [7, 11) is 1.70. The van der Waals surface area contributed by atoms with Crippen LogP contribution in [-0.2, 0) is 10.0 Å². The van der Waals surface area contributed by atoms with Crippen LogP contribution >= 0.6 is 27.5 Å². The first kappa shape index (κ1) is 35.6. The lowest BCUT2D eigenvalue weighted by Crippen LogP contribution is -2.52. The molecule has 0 spiro atoms. The molecule has 4 aliphatic heterocycles. The molecule has 2 fully saturated rings. The Morgan fingerprint density at radius 1 is 0.980 bits per heavy atom. The summed E-state index contributed by atoms with van der Waals surface area (Å²) in [4.78, 5) is 16.6. The van der Waals surface area contributed by atoms with Gasteiger partial charge in [0.25, 0.3) is 0 Å². The van der Waals surface area contributed by atoms with Crippen molar-refractivity contribution in [2.75, 3.05) is 99.8 Å². The predicted octanol–water partition coefficient (Wildman–Crippen LogP) is 5.55. The van der Waals surface area contributed by atoms with Crippen LogP contribution in [-0.4, -0.2) is 114 Å². The molecule has 16 heteroatoms. The van der Waals surface area contributed by atoms with E-state index in [2.05, 4.69) is 53.3 Å². The molecular formula is C33H44BrClN8O5S. The van der Waals surface area contributed by atoms with Gasteiger partial charge in [0.2, 0.25) is 16.0 Å². The average molecular weight is 780 g/mol. The first-order valence-electron chi connectivity index (χ1n) is 16.5. The van der Waals surface area contributed by atoms with Gasteiger partial charge in [-0.2, -0.15) is 4.98 Å². The van der Waals surface area contributed by atoms with Crippen molar-refractivity contribution in [3.63, 3.8) is 0 Å². The second kappa shape index (κ2) is 15.3. The molecule has 4 aliphatic rings. The van der Waals surface area contributed by atoms with Crippen molar-refractivity contribution in [2.24, 2.45) is 0 Å². The molecule has 266 valence electrons. The number of methoxy groups -OCH3 is 1. The van der Waals surface area contributed by atoms with Gasteiger partial charge in [-0.25, -0.2) is 13.4 Å². The number of hydrogen-bond donors (Lipinski definition) is 2. The average Bonchev–Trinajstić information content (AvgIpc) is 3.08. The standard InChI is InChI=1S/C33H44BrClN8O5S/c1-40-11-13-42(14-12-40)22-7-9-43(10-8-22)28-20-30(46-3)26-18-31(28)48-16-6-5-15-47-29-19-27(41(2)49(4,44)45)25(17-24(29)35)37-32-23(34)21-36-33(38-26)39-32/h17-22H,5-16H2,1-4H3,(H2,36,37,38,39).